The van der Waals surface area contributed by atoms with Crippen LogP contribution in [-0.2, 0) is 11.0 Å². The van der Waals surface area contributed by atoms with Crippen LogP contribution in [0.5, 0.6) is 0 Å². The largest absolute Gasteiger partial charge is 0.481 e. The summed E-state index contributed by atoms with van der Waals surface area (Å²) in [7, 11) is 1.33. The van der Waals surface area contributed by atoms with Gasteiger partial charge in [0, 0.05) is 13.6 Å². The Labute approximate surface area is 112 Å². The van der Waals surface area contributed by atoms with E-state index in [4.69, 9.17) is 10.8 Å². The van der Waals surface area contributed by atoms with Crippen LogP contribution in [0.15, 0.2) is 12.1 Å². The number of carboxylic acids is 1. The zero-order chi connectivity index (χ0) is 15.5. The van der Waals surface area contributed by atoms with Crippen LogP contribution in [0.2, 0.25) is 0 Å². The second kappa shape index (κ2) is 5.76. The van der Waals surface area contributed by atoms with Gasteiger partial charge in [0.25, 0.3) is 5.91 Å². The quantitative estimate of drug-likeness (QED) is 0.847. The summed E-state index contributed by atoms with van der Waals surface area (Å²) in [5, 5.41) is 8.55. The fraction of sp³-hybridized carbons (Fsp3) is 0.364. The van der Waals surface area contributed by atoms with Crippen molar-refractivity contribution in [2.24, 2.45) is 5.73 Å². The van der Waals surface area contributed by atoms with E-state index >= 15 is 0 Å². The number of nitrogens with two attached hydrogens (primary N) is 1. The van der Waals surface area contributed by atoms with Crippen molar-refractivity contribution < 1.29 is 27.9 Å². The van der Waals surface area contributed by atoms with Gasteiger partial charge in [-0.15, -0.1) is 0 Å². The summed E-state index contributed by atoms with van der Waals surface area (Å²) in [6.45, 7) is -0.107. The van der Waals surface area contributed by atoms with E-state index in [2.05, 4.69) is 4.98 Å². The molecule has 0 aromatic carbocycles. The number of carboxylic acid groups (broad SMARTS) is 1. The molecule has 0 spiro atoms. The molecule has 0 aliphatic rings. The summed E-state index contributed by atoms with van der Waals surface area (Å²) < 4.78 is 37.8. The number of nitrogens with zero attached hydrogens (tertiary/aromatic N) is 2. The first-order valence-electron chi connectivity index (χ1n) is 5.44. The van der Waals surface area contributed by atoms with Gasteiger partial charge in [0.05, 0.1) is 12.0 Å². The monoisotopic (exact) mass is 291 g/mol. The number of aromatic nitrogens is 1. The first-order chi connectivity index (χ1) is 9.12. The Kier molecular flexibility index (Phi) is 4.53. The van der Waals surface area contributed by atoms with Crippen molar-refractivity contribution in [3.63, 3.8) is 0 Å². The highest BCUT2D eigenvalue weighted by molar-refractivity contribution is 5.97. The lowest BCUT2D eigenvalue weighted by Gasteiger charge is -2.20. The van der Waals surface area contributed by atoms with Crippen LogP contribution in [0.1, 0.15) is 22.5 Å². The SMILES string of the molecule is CN(CCC(=O)O)c1nc(C(F)(F)F)ccc1C(N)=O. The normalized spacial score (nSPS) is 11.2. The van der Waals surface area contributed by atoms with E-state index in [0.717, 1.165) is 11.0 Å². The smallest absolute Gasteiger partial charge is 0.433 e. The molecule has 0 saturated heterocycles. The number of aliphatic carboxylic acids is 1. The van der Waals surface area contributed by atoms with Gasteiger partial charge >= 0.3 is 12.1 Å². The molecule has 0 fully saturated rings. The Hall–Kier alpha value is -2.32. The van der Waals surface area contributed by atoms with Gasteiger partial charge < -0.3 is 15.7 Å². The first kappa shape index (κ1) is 15.7. The fourth-order valence-corrected chi connectivity index (χ4v) is 1.46. The third-order valence-electron chi connectivity index (χ3n) is 2.45. The molecule has 3 N–H and O–H groups in total. The summed E-state index contributed by atoms with van der Waals surface area (Å²) >= 11 is 0. The van der Waals surface area contributed by atoms with Crippen molar-refractivity contribution in [2.75, 3.05) is 18.5 Å². The van der Waals surface area contributed by atoms with Gasteiger partial charge in [0.15, 0.2) is 0 Å². The minimum absolute atomic E-state index is 0.107. The summed E-state index contributed by atoms with van der Waals surface area (Å²) in [6.07, 6.45) is -4.98. The van der Waals surface area contributed by atoms with Crippen LogP contribution in [0.25, 0.3) is 0 Å². The van der Waals surface area contributed by atoms with Crippen molar-refractivity contribution in [3.8, 4) is 0 Å². The molecule has 20 heavy (non-hydrogen) atoms. The van der Waals surface area contributed by atoms with E-state index in [-0.39, 0.29) is 24.3 Å². The van der Waals surface area contributed by atoms with Crippen molar-refractivity contribution in [1.82, 2.24) is 4.98 Å². The minimum Gasteiger partial charge on any atom is -0.481 e. The number of anilines is 1. The average Bonchev–Trinajstić information content (AvgIpc) is 2.33. The van der Waals surface area contributed by atoms with Crippen LogP contribution in [0.4, 0.5) is 19.0 Å². The number of amides is 1. The van der Waals surface area contributed by atoms with Crippen LogP contribution in [0.3, 0.4) is 0 Å². The number of alkyl halides is 3. The van der Waals surface area contributed by atoms with Gasteiger partial charge in [0.2, 0.25) is 0 Å². The maximum Gasteiger partial charge on any atom is 0.433 e. The van der Waals surface area contributed by atoms with Gasteiger partial charge in [-0.05, 0) is 12.1 Å². The molecule has 1 amide bonds. The fourth-order valence-electron chi connectivity index (χ4n) is 1.46. The molecule has 0 saturated carbocycles. The van der Waals surface area contributed by atoms with E-state index < -0.39 is 23.7 Å². The Morgan fingerprint density at radius 2 is 2.00 bits per heavy atom. The second-order valence-electron chi connectivity index (χ2n) is 3.99. The van der Waals surface area contributed by atoms with Crippen molar-refractivity contribution >= 4 is 17.7 Å². The molecule has 1 aromatic heterocycles. The minimum atomic E-state index is -4.67. The molecule has 0 atom stereocenters. The highest BCUT2D eigenvalue weighted by atomic mass is 19.4. The van der Waals surface area contributed by atoms with Crippen molar-refractivity contribution in [2.45, 2.75) is 12.6 Å². The van der Waals surface area contributed by atoms with Crippen LogP contribution in [0, 0.1) is 0 Å². The lowest BCUT2D eigenvalue weighted by Crippen LogP contribution is -2.27. The Morgan fingerprint density at radius 1 is 1.40 bits per heavy atom. The summed E-state index contributed by atoms with van der Waals surface area (Å²) in [4.78, 5) is 26.1. The molecule has 0 aliphatic heterocycles. The third kappa shape index (κ3) is 3.84. The van der Waals surface area contributed by atoms with Gasteiger partial charge in [-0.2, -0.15) is 13.2 Å². The molecule has 0 aliphatic carbocycles. The van der Waals surface area contributed by atoms with E-state index in [9.17, 15) is 22.8 Å². The molecular weight excluding hydrogens is 279 g/mol. The molecule has 0 bridgehead atoms. The van der Waals surface area contributed by atoms with E-state index in [1.165, 1.54) is 7.05 Å². The molecule has 1 heterocycles. The Balaban J connectivity index is 3.18. The molecule has 0 radical (unpaired) electrons. The number of pyridine rings is 1. The number of hydrogen-bond acceptors (Lipinski definition) is 4. The molecule has 6 nitrogen and oxygen atoms in total. The molecular formula is C11H12F3N3O3. The zero-order valence-corrected chi connectivity index (χ0v) is 10.4. The summed E-state index contributed by atoms with van der Waals surface area (Å²) in [5.74, 6) is -2.36. The zero-order valence-electron chi connectivity index (χ0n) is 10.4. The molecule has 0 unspecified atom stereocenters. The predicted molar refractivity (Wildman–Crippen MR) is 63.3 cm³/mol. The Bertz CT molecular complexity index is 531. The lowest BCUT2D eigenvalue weighted by molar-refractivity contribution is -0.141. The van der Waals surface area contributed by atoms with Gasteiger partial charge in [0.1, 0.15) is 11.5 Å². The average molecular weight is 291 g/mol. The highest BCUT2D eigenvalue weighted by Crippen LogP contribution is 2.30. The molecule has 1 rings (SSSR count). The lowest BCUT2D eigenvalue weighted by atomic mass is 10.2. The number of hydrogen-bond donors (Lipinski definition) is 2. The predicted octanol–water partition coefficient (Wildman–Crippen LogP) is 1.11. The number of primary amides is 1. The number of carbonyl (C=O) groups excluding carboxylic acids is 1. The molecule has 9 heteroatoms. The number of rotatable bonds is 5. The van der Waals surface area contributed by atoms with E-state index in [1.54, 1.807) is 0 Å². The molecule has 110 valence electrons. The summed E-state index contributed by atoms with van der Waals surface area (Å²) in [5.41, 5.74) is 3.68. The molecule has 1 aromatic rings. The van der Waals surface area contributed by atoms with E-state index in [0.29, 0.717) is 6.07 Å². The van der Waals surface area contributed by atoms with Crippen LogP contribution < -0.4 is 10.6 Å². The second-order valence-corrected chi connectivity index (χ2v) is 3.99. The maximum atomic E-state index is 12.6. The third-order valence-corrected chi connectivity index (χ3v) is 2.45. The number of carbonyl (C=O) groups is 2. The summed E-state index contributed by atoms with van der Waals surface area (Å²) in [6, 6.07) is 1.57. The van der Waals surface area contributed by atoms with Gasteiger partial charge in [-0.3, -0.25) is 9.59 Å². The van der Waals surface area contributed by atoms with Gasteiger partial charge in [-0.25, -0.2) is 4.98 Å². The first-order valence-corrected chi connectivity index (χ1v) is 5.44. The number of halogens is 3. The van der Waals surface area contributed by atoms with Crippen LogP contribution in [-0.4, -0.2) is 35.6 Å². The van der Waals surface area contributed by atoms with Crippen LogP contribution >= 0.6 is 0 Å². The van der Waals surface area contributed by atoms with Crippen molar-refractivity contribution in [3.05, 3.63) is 23.4 Å². The van der Waals surface area contributed by atoms with E-state index in [1.807, 2.05) is 0 Å². The van der Waals surface area contributed by atoms with Gasteiger partial charge in [-0.1, -0.05) is 0 Å². The standard InChI is InChI=1S/C11H12F3N3O3/c1-17(5-4-8(18)19)10-6(9(15)20)2-3-7(16-10)11(12,13)14/h2-3H,4-5H2,1H3,(H2,15,20)(H,18,19). The van der Waals surface area contributed by atoms with Crippen molar-refractivity contribution in [1.29, 1.82) is 0 Å². The topological polar surface area (TPSA) is 96.5 Å². The maximum absolute atomic E-state index is 12.6. The highest BCUT2D eigenvalue weighted by Gasteiger charge is 2.33. The Morgan fingerprint density at radius 3 is 2.45 bits per heavy atom.